The van der Waals surface area contributed by atoms with Crippen LogP contribution in [0, 0.1) is 19.7 Å². The second-order valence-electron chi connectivity index (χ2n) is 9.56. The number of benzene rings is 1. The van der Waals surface area contributed by atoms with E-state index in [9.17, 15) is 27.5 Å². The molecule has 0 saturated carbocycles. The molecule has 1 aliphatic rings. The van der Waals surface area contributed by atoms with Crippen LogP contribution in [0.15, 0.2) is 35.4 Å². The van der Waals surface area contributed by atoms with Gasteiger partial charge in [0, 0.05) is 11.0 Å². The van der Waals surface area contributed by atoms with Crippen molar-refractivity contribution in [2.75, 3.05) is 0 Å². The zero-order valence-corrected chi connectivity index (χ0v) is 21.8. The third-order valence-electron chi connectivity index (χ3n) is 5.76. The quantitative estimate of drug-likeness (QED) is 0.537. The third-order valence-corrected chi connectivity index (χ3v) is 7.76. The maximum Gasteiger partial charge on any atom is 0.325 e. The number of nitrogens with one attached hydrogen (secondary N) is 1. The number of aryl methyl sites for hydroxylation is 1. The fourth-order valence-corrected chi connectivity index (χ4v) is 5.84. The number of esters is 1. The van der Waals surface area contributed by atoms with E-state index in [2.05, 4.69) is 4.72 Å². The number of sulfonamides is 1. The van der Waals surface area contributed by atoms with Crippen molar-refractivity contribution in [3.8, 4) is 0 Å². The van der Waals surface area contributed by atoms with Gasteiger partial charge in [0.15, 0.2) is 11.4 Å². The Kier molecular flexibility index (Phi) is 8.19. The fourth-order valence-electron chi connectivity index (χ4n) is 3.81. The first-order chi connectivity index (χ1) is 15.4. The first-order valence-electron chi connectivity index (χ1n) is 10.7. The van der Waals surface area contributed by atoms with Gasteiger partial charge in [-0.1, -0.05) is 30.7 Å². The Morgan fingerprint density at radius 1 is 1.26 bits per heavy atom. The van der Waals surface area contributed by atoms with Gasteiger partial charge < -0.3 is 9.84 Å². The molecule has 2 rings (SSSR count). The largest absolute Gasteiger partial charge is 0.459 e. The predicted molar refractivity (Wildman–Crippen MR) is 128 cm³/mol. The van der Waals surface area contributed by atoms with Crippen LogP contribution < -0.4 is 4.72 Å². The summed E-state index contributed by atoms with van der Waals surface area (Å²) in [6.45, 7) is 10.8. The lowest BCUT2D eigenvalue weighted by Crippen LogP contribution is -2.57. The molecule has 10 heteroatoms. The Balaban J connectivity index is 2.59. The van der Waals surface area contributed by atoms with E-state index in [0.717, 1.165) is 24.6 Å². The number of carbonyl (C=O) groups excluding carboxylic acids is 2. The van der Waals surface area contributed by atoms with E-state index in [1.165, 1.54) is 19.1 Å². The molecule has 0 aliphatic heterocycles. The van der Waals surface area contributed by atoms with E-state index in [1.807, 2.05) is 0 Å². The van der Waals surface area contributed by atoms with Crippen LogP contribution >= 0.6 is 11.6 Å². The van der Waals surface area contributed by atoms with Crippen molar-refractivity contribution in [1.29, 1.82) is 0 Å². The average molecular weight is 516 g/mol. The molecule has 0 aromatic heterocycles. The summed E-state index contributed by atoms with van der Waals surface area (Å²) in [4.78, 5) is 25.3. The number of ketones is 1. The second kappa shape index (κ2) is 9.89. The molecular formula is C24H31ClFNO6S. The smallest absolute Gasteiger partial charge is 0.325 e. The minimum absolute atomic E-state index is 0.0151. The van der Waals surface area contributed by atoms with Crippen molar-refractivity contribution in [3.63, 3.8) is 0 Å². The number of aliphatic hydroxyl groups is 1. The predicted octanol–water partition coefficient (Wildman–Crippen LogP) is 3.56. The van der Waals surface area contributed by atoms with Crippen molar-refractivity contribution >= 4 is 33.4 Å². The maximum atomic E-state index is 14.9. The van der Waals surface area contributed by atoms with Crippen molar-refractivity contribution < 1.29 is 32.2 Å². The van der Waals surface area contributed by atoms with E-state index < -0.39 is 56.0 Å². The lowest BCUT2D eigenvalue weighted by Gasteiger charge is -2.34. The Morgan fingerprint density at radius 2 is 1.85 bits per heavy atom. The highest BCUT2D eigenvalue weighted by molar-refractivity contribution is 7.90. The summed E-state index contributed by atoms with van der Waals surface area (Å²) in [5, 5.41) is 9.08. The number of carbonyl (C=O) groups is 2. The molecule has 7 nitrogen and oxygen atoms in total. The van der Waals surface area contributed by atoms with Gasteiger partial charge in [-0.25, -0.2) is 12.8 Å². The van der Waals surface area contributed by atoms with Gasteiger partial charge in [-0.05, 0) is 76.5 Å². The van der Waals surface area contributed by atoms with Crippen molar-refractivity contribution in [1.82, 2.24) is 4.72 Å². The van der Waals surface area contributed by atoms with Gasteiger partial charge in [-0.15, -0.1) is 0 Å². The summed E-state index contributed by atoms with van der Waals surface area (Å²) in [6.07, 6.45) is 3.25. The first-order valence-corrected chi connectivity index (χ1v) is 12.6. The maximum absolute atomic E-state index is 14.9. The second-order valence-corrected chi connectivity index (χ2v) is 11.8. The molecule has 1 aliphatic carbocycles. The van der Waals surface area contributed by atoms with Crippen molar-refractivity contribution in [2.24, 2.45) is 0 Å². The number of ether oxygens (including phenoxy) is 1. The van der Waals surface area contributed by atoms with Gasteiger partial charge in [-0.2, -0.15) is 4.72 Å². The first kappa shape index (κ1) is 28.2. The molecule has 1 aromatic rings. The molecule has 1 aromatic carbocycles. The van der Waals surface area contributed by atoms with Crippen LogP contribution in [0.1, 0.15) is 57.2 Å². The number of allylic oxidation sites excluding steroid dienone is 2. The van der Waals surface area contributed by atoms with Crippen LogP contribution in [-0.4, -0.2) is 47.8 Å². The molecule has 188 valence electrons. The Bertz CT molecular complexity index is 1150. The van der Waals surface area contributed by atoms with Gasteiger partial charge in [0.05, 0.1) is 0 Å². The molecule has 2 N–H and O–H groups in total. The van der Waals surface area contributed by atoms with E-state index in [1.54, 1.807) is 40.7 Å². The molecule has 0 fully saturated rings. The Morgan fingerprint density at radius 3 is 2.38 bits per heavy atom. The Labute approximate surface area is 205 Å². The van der Waals surface area contributed by atoms with E-state index in [-0.39, 0.29) is 10.6 Å². The normalized spacial score (nSPS) is 22.6. The van der Waals surface area contributed by atoms with Crippen LogP contribution in [0.4, 0.5) is 4.39 Å². The number of hydrogen-bond acceptors (Lipinski definition) is 6. The topological polar surface area (TPSA) is 110 Å². The molecule has 0 heterocycles. The van der Waals surface area contributed by atoms with Crippen LogP contribution in [-0.2, 0) is 24.3 Å². The molecule has 3 unspecified atom stereocenters. The third kappa shape index (κ3) is 5.94. The molecule has 4 atom stereocenters. The number of hydrogen-bond donors (Lipinski definition) is 2. The Hall–Kier alpha value is -2.07. The number of Topliss-reactive ketones (excluding diaryl/α,β-unsaturated/α-hetero) is 1. The fraction of sp³-hybridized carbons (Fsp3) is 0.500. The minimum Gasteiger partial charge on any atom is -0.459 e. The van der Waals surface area contributed by atoms with Gasteiger partial charge in [0.1, 0.15) is 22.7 Å². The summed E-state index contributed by atoms with van der Waals surface area (Å²) >= 11 is 5.90. The molecule has 0 saturated heterocycles. The molecule has 0 radical (unpaired) electrons. The summed E-state index contributed by atoms with van der Waals surface area (Å²) in [5.74, 6) is -3.37. The van der Waals surface area contributed by atoms with Gasteiger partial charge >= 0.3 is 5.97 Å². The summed E-state index contributed by atoms with van der Waals surface area (Å²) < 4.78 is 49.4. The molecular weight excluding hydrogens is 485 g/mol. The van der Waals surface area contributed by atoms with Gasteiger partial charge in [-0.3, -0.25) is 9.59 Å². The molecule has 34 heavy (non-hydrogen) atoms. The summed E-state index contributed by atoms with van der Waals surface area (Å²) in [7, 11) is -4.58. The highest BCUT2D eigenvalue weighted by Gasteiger charge is 2.49. The van der Waals surface area contributed by atoms with Crippen LogP contribution in [0.2, 0.25) is 0 Å². The molecule has 0 amide bonds. The monoisotopic (exact) mass is 515 g/mol. The van der Waals surface area contributed by atoms with Crippen LogP contribution in [0.3, 0.4) is 0 Å². The zero-order valence-electron chi connectivity index (χ0n) is 20.3. The standard InChI is InChI=1S/C24H31ClFNO6S/c1-13-8-10-18(26)20(14(13)2)15(3)21(22(29)33-23(5,6)7)27-34(31,32)19-11-9-17(25)12-24(19,30)16(4)28/h8-12,15,19,21,27,30H,1-7H3/t15?,19?,21-,24?/m0/s1. The number of rotatable bonds is 7. The minimum atomic E-state index is -4.58. The van der Waals surface area contributed by atoms with E-state index >= 15 is 0 Å². The SMILES string of the molecule is CC(=O)C1(O)C=C(Cl)C=CC1S(=O)(=O)N[C@H](C(=O)OC(C)(C)C)C(C)c1c(F)ccc(C)c1C. The lowest BCUT2D eigenvalue weighted by atomic mass is 9.88. The highest BCUT2D eigenvalue weighted by Crippen LogP contribution is 2.33. The highest BCUT2D eigenvalue weighted by atomic mass is 35.5. The van der Waals surface area contributed by atoms with Crippen LogP contribution in [0.25, 0.3) is 0 Å². The molecule has 0 bridgehead atoms. The van der Waals surface area contributed by atoms with E-state index in [4.69, 9.17) is 16.3 Å². The van der Waals surface area contributed by atoms with Crippen molar-refractivity contribution in [3.05, 3.63) is 57.9 Å². The average Bonchev–Trinajstić information content (AvgIpc) is 2.67. The van der Waals surface area contributed by atoms with Gasteiger partial charge in [0.2, 0.25) is 10.0 Å². The van der Waals surface area contributed by atoms with Crippen LogP contribution in [0.5, 0.6) is 0 Å². The van der Waals surface area contributed by atoms with Gasteiger partial charge in [0.25, 0.3) is 0 Å². The zero-order chi connectivity index (χ0) is 26.2. The summed E-state index contributed by atoms with van der Waals surface area (Å²) in [6, 6.07) is 1.29. The van der Waals surface area contributed by atoms with E-state index in [0.29, 0.717) is 5.56 Å². The lowest BCUT2D eigenvalue weighted by molar-refractivity contribution is -0.157. The summed E-state index contributed by atoms with van der Waals surface area (Å²) in [5.41, 5.74) is -1.93. The van der Waals surface area contributed by atoms with Crippen molar-refractivity contribution in [2.45, 2.75) is 76.9 Å². The number of halogens is 2. The molecule has 0 spiro atoms.